The second-order valence-corrected chi connectivity index (χ2v) is 6.34. The molecular weight excluding hydrogens is 293 g/mol. The molecule has 1 aromatic carbocycles. The SMILES string of the molecule is F[C@@H]1CN(C2COC2)CCC1c1cc2[nH]ncc2cc1Cl. The molecule has 3 heterocycles. The minimum atomic E-state index is -0.891. The Morgan fingerprint density at radius 1 is 1.38 bits per heavy atom. The third-order valence-corrected chi connectivity index (χ3v) is 4.99. The Hall–Kier alpha value is -1.17. The van der Waals surface area contributed by atoms with Crippen molar-refractivity contribution in [2.45, 2.75) is 24.6 Å². The van der Waals surface area contributed by atoms with Crippen LogP contribution in [0, 0.1) is 0 Å². The number of alkyl halides is 1. The fourth-order valence-electron chi connectivity index (χ4n) is 3.31. The van der Waals surface area contributed by atoms with Gasteiger partial charge in [-0.25, -0.2) is 4.39 Å². The van der Waals surface area contributed by atoms with E-state index in [1.807, 2.05) is 12.1 Å². The summed E-state index contributed by atoms with van der Waals surface area (Å²) in [6.45, 7) is 2.84. The van der Waals surface area contributed by atoms with E-state index in [9.17, 15) is 4.39 Å². The summed E-state index contributed by atoms with van der Waals surface area (Å²) >= 11 is 6.35. The molecule has 2 atom stereocenters. The number of likely N-dealkylation sites (tertiary alicyclic amines) is 1. The lowest BCUT2D eigenvalue weighted by Crippen LogP contribution is -2.54. The lowest BCUT2D eigenvalue weighted by atomic mass is 9.86. The normalized spacial score (nSPS) is 27.9. The van der Waals surface area contributed by atoms with E-state index in [4.69, 9.17) is 16.3 Å². The average Bonchev–Trinajstić information content (AvgIpc) is 2.83. The molecular formula is C15H17ClFN3O. The smallest absolute Gasteiger partial charge is 0.120 e. The van der Waals surface area contributed by atoms with E-state index in [0.717, 1.165) is 42.6 Å². The topological polar surface area (TPSA) is 41.1 Å². The van der Waals surface area contributed by atoms with Crippen LogP contribution in [0.15, 0.2) is 18.3 Å². The molecule has 4 nitrogen and oxygen atoms in total. The molecule has 0 spiro atoms. The van der Waals surface area contributed by atoms with Gasteiger partial charge in [0.15, 0.2) is 0 Å². The predicted octanol–water partition coefficient (Wildman–Crippen LogP) is 2.74. The zero-order valence-electron chi connectivity index (χ0n) is 11.6. The van der Waals surface area contributed by atoms with E-state index in [1.54, 1.807) is 6.20 Å². The van der Waals surface area contributed by atoms with Crippen LogP contribution in [-0.4, -0.2) is 53.6 Å². The van der Waals surface area contributed by atoms with Crippen molar-refractivity contribution in [2.75, 3.05) is 26.3 Å². The van der Waals surface area contributed by atoms with Crippen molar-refractivity contribution in [1.82, 2.24) is 15.1 Å². The zero-order valence-corrected chi connectivity index (χ0v) is 12.3. The summed E-state index contributed by atoms with van der Waals surface area (Å²) in [5.41, 5.74) is 1.81. The molecule has 1 aromatic heterocycles. The highest BCUT2D eigenvalue weighted by atomic mass is 35.5. The van der Waals surface area contributed by atoms with Gasteiger partial charge < -0.3 is 4.74 Å². The first-order valence-corrected chi connectivity index (χ1v) is 7.68. The molecule has 2 aliphatic heterocycles. The molecule has 2 saturated heterocycles. The second kappa shape index (κ2) is 5.23. The number of rotatable bonds is 2. The van der Waals surface area contributed by atoms with E-state index >= 15 is 0 Å². The molecule has 21 heavy (non-hydrogen) atoms. The van der Waals surface area contributed by atoms with Gasteiger partial charge in [0.2, 0.25) is 0 Å². The number of hydrogen-bond donors (Lipinski definition) is 1. The van der Waals surface area contributed by atoms with Crippen LogP contribution in [0.25, 0.3) is 10.9 Å². The highest BCUT2D eigenvalue weighted by Gasteiger charge is 2.36. The Kier molecular flexibility index (Phi) is 3.36. The molecule has 1 unspecified atom stereocenters. The number of nitrogens with one attached hydrogen (secondary N) is 1. The van der Waals surface area contributed by atoms with E-state index in [0.29, 0.717) is 17.6 Å². The Balaban J connectivity index is 1.58. The van der Waals surface area contributed by atoms with Crippen LogP contribution in [0.5, 0.6) is 0 Å². The van der Waals surface area contributed by atoms with Crippen LogP contribution >= 0.6 is 11.6 Å². The standard InChI is InChI=1S/C15H17ClFN3O/c16-13-3-9-5-18-19-15(9)4-12(13)11-1-2-20(6-14(11)17)10-7-21-8-10/h3-5,10-11,14H,1-2,6-8H2,(H,18,19)/t11?,14-/m1/s1. The van der Waals surface area contributed by atoms with E-state index in [2.05, 4.69) is 15.1 Å². The van der Waals surface area contributed by atoms with Crippen LogP contribution in [-0.2, 0) is 4.74 Å². The van der Waals surface area contributed by atoms with Gasteiger partial charge in [-0.1, -0.05) is 11.6 Å². The van der Waals surface area contributed by atoms with Crippen LogP contribution in [0.3, 0.4) is 0 Å². The number of fused-ring (bicyclic) bond motifs is 1. The summed E-state index contributed by atoms with van der Waals surface area (Å²) in [4.78, 5) is 2.20. The molecule has 0 saturated carbocycles. The molecule has 4 rings (SSSR count). The van der Waals surface area contributed by atoms with Gasteiger partial charge in [-0.2, -0.15) is 5.10 Å². The van der Waals surface area contributed by atoms with Crippen molar-refractivity contribution in [3.8, 4) is 0 Å². The molecule has 112 valence electrons. The third kappa shape index (κ3) is 2.33. The van der Waals surface area contributed by atoms with Gasteiger partial charge in [0.25, 0.3) is 0 Å². The van der Waals surface area contributed by atoms with Crippen molar-refractivity contribution in [1.29, 1.82) is 0 Å². The van der Waals surface area contributed by atoms with Crippen LogP contribution in [0.1, 0.15) is 17.9 Å². The zero-order chi connectivity index (χ0) is 14.4. The summed E-state index contributed by atoms with van der Waals surface area (Å²) in [7, 11) is 0. The Morgan fingerprint density at radius 2 is 2.24 bits per heavy atom. The van der Waals surface area contributed by atoms with Gasteiger partial charge in [0, 0.05) is 22.9 Å². The van der Waals surface area contributed by atoms with Crippen LogP contribution in [0.4, 0.5) is 4.39 Å². The minimum absolute atomic E-state index is 0.137. The number of nitrogens with zero attached hydrogens (tertiary/aromatic N) is 2. The summed E-state index contributed by atoms with van der Waals surface area (Å²) < 4.78 is 19.8. The fraction of sp³-hybridized carbons (Fsp3) is 0.533. The van der Waals surface area contributed by atoms with Crippen molar-refractivity contribution in [3.63, 3.8) is 0 Å². The number of halogens is 2. The van der Waals surface area contributed by atoms with Crippen molar-refractivity contribution < 1.29 is 9.13 Å². The molecule has 0 radical (unpaired) electrons. The van der Waals surface area contributed by atoms with Crippen molar-refractivity contribution in [3.05, 3.63) is 28.9 Å². The van der Waals surface area contributed by atoms with Crippen LogP contribution < -0.4 is 0 Å². The number of aromatic nitrogens is 2. The highest BCUT2D eigenvalue weighted by Crippen LogP contribution is 2.37. The van der Waals surface area contributed by atoms with Gasteiger partial charge in [0.1, 0.15) is 6.17 Å². The van der Waals surface area contributed by atoms with Gasteiger partial charge >= 0.3 is 0 Å². The maximum atomic E-state index is 14.6. The van der Waals surface area contributed by atoms with Gasteiger partial charge in [0.05, 0.1) is 31.0 Å². The van der Waals surface area contributed by atoms with Gasteiger partial charge in [-0.05, 0) is 30.7 Å². The first-order chi connectivity index (χ1) is 10.2. The number of hydrogen-bond acceptors (Lipinski definition) is 3. The lowest BCUT2D eigenvalue weighted by molar-refractivity contribution is -0.0806. The highest BCUT2D eigenvalue weighted by molar-refractivity contribution is 6.32. The van der Waals surface area contributed by atoms with Gasteiger partial charge in [-0.15, -0.1) is 0 Å². The summed E-state index contributed by atoms with van der Waals surface area (Å²) in [6.07, 6.45) is 1.63. The number of aromatic amines is 1. The molecule has 0 bridgehead atoms. The number of H-pyrrole nitrogens is 1. The first-order valence-electron chi connectivity index (χ1n) is 7.31. The lowest BCUT2D eigenvalue weighted by Gasteiger charge is -2.43. The largest absolute Gasteiger partial charge is 0.378 e. The molecule has 0 aliphatic carbocycles. The molecule has 2 fully saturated rings. The molecule has 2 aromatic rings. The maximum absolute atomic E-state index is 14.6. The first kappa shape index (κ1) is 13.5. The maximum Gasteiger partial charge on any atom is 0.120 e. The van der Waals surface area contributed by atoms with E-state index < -0.39 is 6.17 Å². The minimum Gasteiger partial charge on any atom is -0.378 e. The summed E-state index contributed by atoms with van der Waals surface area (Å²) in [5, 5.41) is 8.53. The molecule has 2 aliphatic rings. The van der Waals surface area contributed by atoms with E-state index in [1.165, 1.54) is 0 Å². The average molecular weight is 310 g/mol. The Labute approximate surface area is 127 Å². The van der Waals surface area contributed by atoms with E-state index in [-0.39, 0.29) is 5.92 Å². The van der Waals surface area contributed by atoms with Crippen LogP contribution in [0.2, 0.25) is 5.02 Å². The predicted molar refractivity (Wildman–Crippen MR) is 79.5 cm³/mol. The number of benzene rings is 1. The number of piperidine rings is 1. The quantitative estimate of drug-likeness (QED) is 0.927. The summed E-state index contributed by atoms with van der Waals surface area (Å²) in [6, 6.07) is 4.22. The molecule has 0 amide bonds. The second-order valence-electron chi connectivity index (χ2n) is 5.93. The molecule has 6 heteroatoms. The van der Waals surface area contributed by atoms with Gasteiger partial charge in [-0.3, -0.25) is 10.00 Å². The number of ether oxygens (including phenoxy) is 1. The van der Waals surface area contributed by atoms with Crippen molar-refractivity contribution in [2.24, 2.45) is 0 Å². The third-order valence-electron chi connectivity index (χ3n) is 4.67. The summed E-state index contributed by atoms with van der Waals surface area (Å²) in [5.74, 6) is -0.137. The van der Waals surface area contributed by atoms with Crippen molar-refractivity contribution >= 4 is 22.5 Å². The Bertz CT molecular complexity index is 657. The Morgan fingerprint density at radius 3 is 2.95 bits per heavy atom. The fourth-order valence-corrected chi connectivity index (χ4v) is 3.62. The molecule has 1 N–H and O–H groups in total. The monoisotopic (exact) mass is 309 g/mol.